The van der Waals surface area contributed by atoms with Crippen molar-refractivity contribution < 1.29 is 4.74 Å². The van der Waals surface area contributed by atoms with E-state index in [1.165, 1.54) is 5.56 Å². The summed E-state index contributed by atoms with van der Waals surface area (Å²) < 4.78 is 5.12. The van der Waals surface area contributed by atoms with Gasteiger partial charge in [0, 0.05) is 57.3 Å². The van der Waals surface area contributed by atoms with E-state index in [0.717, 1.165) is 48.8 Å². The highest BCUT2D eigenvalue weighted by molar-refractivity contribution is 6.34. The number of pyridine rings is 2. The van der Waals surface area contributed by atoms with Crippen LogP contribution in [0.4, 0.5) is 5.69 Å². The third-order valence-corrected chi connectivity index (χ3v) is 6.22. The van der Waals surface area contributed by atoms with Gasteiger partial charge in [0.25, 0.3) is 0 Å². The Morgan fingerprint density at radius 3 is 2.73 bits per heavy atom. The van der Waals surface area contributed by atoms with Crippen molar-refractivity contribution in [2.24, 2.45) is 0 Å². The molecule has 1 saturated heterocycles. The van der Waals surface area contributed by atoms with Gasteiger partial charge in [0.2, 0.25) is 0 Å². The van der Waals surface area contributed by atoms with Crippen molar-refractivity contribution in [3.63, 3.8) is 0 Å². The van der Waals surface area contributed by atoms with Gasteiger partial charge in [-0.2, -0.15) is 0 Å². The zero-order valence-electron chi connectivity index (χ0n) is 19.0. The number of anilines is 1. The lowest BCUT2D eigenvalue weighted by Crippen LogP contribution is -2.47. The number of nitrogens with one attached hydrogen (secondary N) is 1. The number of aromatic nitrogens is 4. The van der Waals surface area contributed by atoms with Crippen LogP contribution in [0.15, 0.2) is 61.6 Å². The number of imidazole rings is 1. The Balaban J connectivity index is 1.57. The molecule has 0 spiro atoms. The first kappa shape index (κ1) is 23.2. The summed E-state index contributed by atoms with van der Waals surface area (Å²) in [5.74, 6) is 0.721. The van der Waals surface area contributed by atoms with Gasteiger partial charge in [-0.15, -0.1) is 0 Å². The molecule has 0 aliphatic carbocycles. The molecular formula is C25H29ClN6O. The Labute approximate surface area is 199 Å². The standard InChI is InChI=1S/C25H29ClN6O/c1-4-6-20(7-5-16-33-3)24-29-22-23(21(26)17-28-25(22)30-24)32-14-12-31(13-15-32)18(2)19-8-10-27-11-9-19/h4-11,17-18H,1,12-16H2,2-3H3,(H,28,29,30)/b7-5-,20-6+. The summed E-state index contributed by atoms with van der Waals surface area (Å²) in [5.41, 5.74) is 4.63. The summed E-state index contributed by atoms with van der Waals surface area (Å²) in [6.07, 6.45) is 12.9. The topological polar surface area (TPSA) is 70.2 Å². The van der Waals surface area contributed by atoms with Crippen LogP contribution in [0, 0.1) is 0 Å². The van der Waals surface area contributed by atoms with Crippen molar-refractivity contribution in [1.29, 1.82) is 0 Å². The van der Waals surface area contributed by atoms with E-state index in [1.54, 1.807) is 19.4 Å². The molecule has 1 atom stereocenters. The van der Waals surface area contributed by atoms with Crippen LogP contribution in [0.3, 0.4) is 0 Å². The Morgan fingerprint density at radius 1 is 1.27 bits per heavy atom. The summed E-state index contributed by atoms with van der Waals surface area (Å²) in [7, 11) is 1.66. The predicted molar refractivity (Wildman–Crippen MR) is 135 cm³/mol. The molecule has 3 aromatic heterocycles. The Kier molecular flexibility index (Phi) is 7.54. The number of aromatic amines is 1. The molecule has 4 heterocycles. The summed E-state index contributed by atoms with van der Waals surface area (Å²) in [6.45, 7) is 10.2. The zero-order valence-corrected chi connectivity index (χ0v) is 19.8. The van der Waals surface area contributed by atoms with Gasteiger partial charge in [0.15, 0.2) is 5.65 Å². The van der Waals surface area contributed by atoms with Gasteiger partial charge in [-0.25, -0.2) is 9.97 Å². The fraction of sp³-hybridized carbons (Fsp3) is 0.320. The van der Waals surface area contributed by atoms with E-state index in [2.05, 4.69) is 50.4 Å². The maximum atomic E-state index is 6.65. The van der Waals surface area contributed by atoms with Gasteiger partial charge in [-0.05, 0) is 24.6 Å². The lowest BCUT2D eigenvalue weighted by atomic mass is 10.1. The van der Waals surface area contributed by atoms with Crippen molar-refractivity contribution in [1.82, 2.24) is 24.8 Å². The molecule has 0 bridgehead atoms. The molecule has 33 heavy (non-hydrogen) atoms. The van der Waals surface area contributed by atoms with E-state index in [9.17, 15) is 0 Å². The van der Waals surface area contributed by atoms with Crippen molar-refractivity contribution in [3.05, 3.63) is 78.0 Å². The summed E-state index contributed by atoms with van der Waals surface area (Å²) >= 11 is 6.65. The highest BCUT2D eigenvalue weighted by Crippen LogP contribution is 2.34. The van der Waals surface area contributed by atoms with Crippen molar-refractivity contribution in [2.75, 3.05) is 44.8 Å². The highest BCUT2D eigenvalue weighted by Gasteiger charge is 2.25. The molecule has 3 aromatic rings. The van der Waals surface area contributed by atoms with Gasteiger partial charge in [0.05, 0.1) is 23.5 Å². The minimum absolute atomic E-state index is 0.340. The van der Waals surface area contributed by atoms with Gasteiger partial charge in [0.1, 0.15) is 11.3 Å². The van der Waals surface area contributed by atoms with Gasteiger partial charge < -0.3 is 14.6 Å². The van der Waals surface area contributed by atoms with Crippen LogP contribution in [-0.4, -0.2) is 64.7 Å². The molecular weight excluding hydrogens is 436 g/mol. The molecule has 0 aromatic carbocycles. The quantitative estimate of drug-likeness (QED) is 0.489. The molecule has 1 aliphatic heterocycles. The van der Waals surface area contributed by atoms with Crippen LogP contribution in [-0.2, 0) is 4.74 Å². The second kappa shape index (κ2) is 10.7. The van der Waals surface area contributed by atoms with Crippen LogP contribution < -0.4 is 4.90 Å². The van der Waals surface area contributed by atoms with Crippen molar-refractivity contribution in [3.8, 4) is 0 Å². The number of methoxy groups -OCH3 is 1. The molecule has 7 nitrogen and oxygen atoms in total. The van der Waals surface area contributed by atoms with E-state index in [4.69, 9.17) is 21.3 Å². The molecule has 8 heteroatoms. The number of fused-ring (bicyclic) bond motifs is 1. The average Bonchev–Trinajstić information content (AvgIpc) is 3.28. The molecule has 172 valence electrons. The van der Waals surface area contributed by atoms with Crippen LogP contribution in [0.5, 0.6) is 0 Å². The van der Waals surface area contributed by atoms with Crippen molar-refractivity contribution >= 4 is 34.0 Å². The summed E-state index contributed by atoms with van der Waals surface area (Å²) in [6, 6.07) is 4.51. The number of hydrogen-bond acceptors (Lipinski definition) is 6. The first-order chi connectivity index (χ1) is 16.1. The third kappa shape index (κ3) is 5.16. The van der Waals surface area contributed by atoms with Crippen LogP contribution >= 0.6 is 11.6 Å². The Hall–Kier alpha value is -3.00. The summed E-state index contributed by atoms with van der Waals surface area (Å²) in [4.78, 5) is 21.6. The smallest absolute Gasteiger partial charge is 0.180 e. The SMILES string of the molecule is C=C/C=C(\C=C/COC)c1nc2ncc(Cl)c(N3CCN(C(C)c4ccncc4)CC3)c2[nH]1. The molecule has 0 radical (unpaired) electrons. The third-order valence-electron chi connectivity index (χ3n) is 5.95. The first-order valence-corrected chi connectivity index (χ1v) is 11.4. The molecule has 1 N–H and O–H groups in total. The van der Waals surface area contributed by atoms with Crippen LogP contribution in [0.1, 0.15) is 24.4 Å². The fourth-order valence-electron chi connectivity index (χ4n) is 4.16. The molecule has 1 aliphatic rings. The van der Waals surface area contributed by atoms with Gasteiger partial charge in [-0.1, -0.05) is 42.5 Å². The van der Waals surface area contributed by atoms with Crippen molar-refractivity contribution in [2.45, 2.75) is 13.0 Å². The van der Waals surface area contributed by atoms with E-state index in [1.807, 2.05) is 30.6 Å². The van der Waals surface area contributed by atoms with E-state index >= 15 is 0 Å². The van der Waals surface area contributed by atoms with Gasteiger partial charge >= 0.3 is 0 Å². The number of nitrogens with zero attached hydrogens (tertiary/aromatic N) is 5. The monoisotopic (exact) mass is 464 g/mol. The predicted octanol–water partition coefficient (Wildman–Crippen LogP) is 4.66. The lowest BCUT2D eigenvalue weighted by molar-refractivity contribution is 0.198. The number of halogens is 1. The number of H-pyrrole nitrogens is 1. The largest absolute Gasteiger partial charge is 0.381 e. The fourth-order valence-corrected chi connectivity index (χ4v) is 4.43. The normalized spacial score (nSPS) is 16.6. The first-order valence-electron chi connectivity index (χ1n) is 11.0. The number of hydrogen-bond donors (Lipinski definition) is 1. The molecule has 4 rings (SSSR count). The molecule has 0 amide bonds. The second-order valence-corrected chi connectivity index (χ2v) is 8.34. The van der Waals surface area contributed by atoms with Crippen LogP contribution in [0.25, 0.3) is 16.7 Å². The second-order valence-electron chi connectivity index (χ2n) is 7.93. The lowest BCUT2D eigenvalue weighted by Gasteiger charge is -2.39. The minimum Gasteiger partial charge on any atom is -0.381 e. The maximum absolute atomic E-state index is 6.65. The Morgan fingerprint density at radius 2 is 2.03 bits per heavy atom. The zero-order chi connectivity index (χ0) is 23.2. The van der Waals surface area contributed by atoms with Gasteiger partial charge in [-0.3, -0.25) is 9.88 Å². The average molecular weight is 465 g/mol. The number of piperazine rings is 1. The molecule has 0 saturated carbocycles. The Bertz CT molecular complexity index is 1150. The highest BCUT2D eigenvalue weighted by atomic mass is 35.5. The van der Waals surface area contributed by atoms with Crippen LogP contribution in [0.2, 0.25) is 5.02 Å². The molecule has 1 unspecified atom stereocenters. The molecule has 1 fully saturated rings. The number of ether oxygens (including phenoxy) is 1. The minimum atomic E-state index is 0.340. The number of rotatable bonds is 8. The van der Waals surface area contributed by atoms with E-state index in [0.29, 0.717) is 23.3 Å². The number of allylic oxidation sites excluding steroid dienone is 4. The van der Waals surface area contributed by atoms with E-state index < -0.39 is 0 Å². The van der Waals surface area contributed by atoms with E-state index in [-0.39, 0.29) is 0 Å². The maximum Gasteiger partial charge on any atom is 0.180 e. The summed E-state index contributed by atoms with van der Waals surface area (Å²) in [5, 5.41) is 0.623.